The van der Waals surface area contributed by atoms with Crippen LogP contribution in [0.5, 0.6) is 0 Å². The Morgan fingerprint density at radius 3 is 2.83 bits per heavy atom. The molecule has 1 saturated heterocycles. The van der Waals surface area contributed by atoms with E-state index in [1.165, 1.54) is 0 Å². The fourth-order valence-electron chi connectivity index (χ4n) is 2.03. The van der Waals surface area contributed by atoms with E-state index in [1.54, 1.807) is 24.3 Å². The van der Waals surface area contributed by atoms with Crippen molar-refractivity contribution in [1.82, 2.24) is 10.0 Å². The highest BCUT2D eigenvalue weighted by Gasteiger charge is 2.18. The van der Waals surface area contributed by atoms with Crippen LogP contribution in [0.1, 0.15) is 18.4 Å². The van der Waals surface area contributed by atoms with Crippen molar-refractivity contribution in [2.45, 2.75) is 24.6 Å². The second-order valence-corrected chi connectivity index (χ2v) is 6.71. The number of rotatable bonds is 5. The third kappa shape index (κ3) is 3.95. The number of nitrogens with one attached hydrogen (secondary N) is 2. The van der Waals surface area contributed by atoms with Crippen LogP contribution in [0.4, 0.5) is 0 Å². The Hall–Kier alpha value is -0.620. The van der Waals surface area contributed by atoms with E-state index in [4.69, 9.17) is 11.6 Å². The number of hydrogen-bond donors (Lipinski definition) is 2. The molecule has 100 valence electrons. The summed E-state index contributed by atoms with van der Waals surface area (Å²) in [6, 6.07) is 7.26. The lowest BCUT2D eigenvalue weighted by Gasteiger charge is -2.12. The Bertz CT molecular complexity index is 499. The normalized spacial score (nSPS) is 20.2. The molecule has 18 heavy (non-hydrogen) atoms. The van der Waals surface area contributed by atoms with E-state index in [2.05, 4.69) is 10.0 Å². The van der Waals surface area contributed by atoms with Crippen LogP contribution in [0.25, 0.3) is 0 Å². The van der Waals surface area contributed by atoms with Gasteiger partial charge in [-0.2, -0.15) is 0 Å². The Morgan fingerprint density at radius 1 is 1.39 bits per heavy atom. The van der Waals surface area contributed by atoms with Crippen molar-refractivity contribution >= 4 is 21.6 Å². The summed E-state index contributed by atoms with van der Waals surface area (Å²) in [6.07, 6.45) is 2.13. The van der Waals surface area contributed by atoms with E-state index in [0.29, 0.717) is 17.1 Å². The highest BCUT2D eigenvalue weighted by molar-refractivity contribution is 7.88. The summed E-state index contributed by atoms with van der Waals surface area (Å²) in [4.78, 5) is 0. The van der Waals surface area contributed by atoms with E-state index in [-0.39, 0.29) is 11.8 Å². The van der Waals surface area contributed by atoms with E-state index >= 15 is 0 Å². The van der Waals surface area contributed by atoms with Gasteiger partial charge in [0.2, 0.25) is 10.0 Å². The minimum Gasteiger partial charge on any atom is -0.313 e. The summed E-state index contributed by atoms with van der Waals surface area (Å²) >= 11 is 5.95. The molecule has 1 atom stereocenters. The molecule has 0 radical (unpaired) electrons. The molecule has 2 rings (SSSR count). The van der Waals surface area contributed by atoms with Crippen LogP contribution in [0, 0.1) is 0 Å². The average molecular weight is 289 g/mol. The minimum atomic E-state index is -3.32. The summed E-state index contributed by atoms with van der Waals surface area (Å²) in [5.74, 6) is -0.0700. The molecule has 0 amide bonds. The van der Waals surface area contributed by atoms with E-state index in [1.807, 2.05) is 0 Å². The van der Waals surface area contributed by atoms with Crippen molar-refractivity contribution in [1.29, 1.82) is 0 Å². The van der Waals surface area contributed by atoms with Gasteiger partial charge in [-0.3, -0.25) is 0 Å². The van der Waals surface area contributed by atoms with Gasteiger partial charge < -0.3 is 5.32 Å². The number of halogens is 1. The predicted octanol–water partition coefficient (Wildman–Crippen LogP) is 1.51. The maximum Gasteiger partial charge on any atom is 0.215 e. The van der Waals surface area contributed by atoms with Gasteiger partial charge in [-0.25, -0.2) is 13.1 Å². The van der Waals surface area contributed by atoms with Crippen LogP contribution >= 0.6 is 11.6 Å². The SMILES string of the molecule is O=S(=O)(Cc1ccccc1Cl)NC[C@@H]1CCCN1. The van der Waals surface area contributed by atoms with Gasteiger partial charge in [0, 0.05) is 17.6 Å². The van der Waals surface area contributed by atoms with Gasteiger partial charge >= 0.3 is 0 Å². The first kappa shape index (κ1) is 13.8. The molecule has 1 aliphatic rings. The summed E-state index contributed by atoms with van der Waals surface area (Å²) in [5.41, 5.74) is 0.631. The Kier molecular flexibility index (Phi) is 4.61. The second-order valence-electron chi connectivity index (χ2n) is 4.49. The monoisotopic (exact) mass is 288 g/mol. The average Bonchev–Trinajstić information content (AvgIpc) is 2.83. The highest BCUT2D eigenvalue weighted by Crippen LogP contribution is 2.17. The Balaban J connectivity index is 1.92. The van der Waals surface area contributed by atoms with Gasteiger partial charge in [0.05, 0.1) is 5.75 Å². The lowest BCUT2D eigenvalue weighted by molar-refractivity contribution is 0.551. The molecule has 2 N–H and O–H groups in total. The van der Waals surface area contributed by atoms with E-state index in [0.717, 1.165) is 19.4 Å². The first-order valence-electron chi connectivity index (χ1n) is 6.01. The van der Waals surface area contributed by atoms with Gasteiger partial charge in [-0.15, -0.1) is 0 Å². The fraction of sp³-hybridized carbons (Fsp3) is 0.500. The van der Waals surface area contributed by atoms with Gasteiger partial charge in [-0.05, 0) is 31.0 Å². The number of hydrogen-bond acceptors (Lipinski definition) is 3. The zero-order valence-corrected chi connectivity index (χ0v) is 11.6. The van der Waals surface area contributed by atoms with Gasteiger partial charge in [-0.1, -0.05) is 29.8 Å². The van der Waals surface area contributed by atoms with Crippen LogP contribution < -0.4 is 10.0 Å². The zero-order valence-electron chi connectivity index (χ0n) is 10.0. The smallest absolute Gasteiger partial charge is 0.215 e. The molecule has 1 aromatic rings. The van der Waals surface area contributed by atoms with Gasteiger partial charge in [0.1, 0.15) is 0 Å². The molecule has 1 heterocycles. The van der Waals surface area contributed by atoms with Crippen LogP contribution in [0.2, 0.25) is 5.02 Å². The predicted molar refractivity (Wildman–Crippen MR) is 73.1 cm³/mol. The van der Waals surface area contributed by atoms with Crippen LogP contribution in [0.3, 0.4) is 0 Å². The Labute approximate surface area is 113 Å². The summed E-state index contributed by atoms with van der Waals surface area (Å²) in [6.45, 7) is 1.42. The molecule has 0 aliphatic carbocycles. The van der Waals surface area contributed by atoms with Crippen molar-refractivity contribution in [3.05, 3.63) is 34.9 Å². The maximum atomic E-state index is 11.9. The molecule has 0 spiro atoms. The topological polar surface area (TPSA) is 58.2 Å². The molecular formula is C12H17ClN2O2S. The Morgan fingerprint density at radius 2 is 2.17 bits per heavy atom. The third-order valence-electron chi connectivity index (χ3n) is 3.02. The maximum absolute atomic E-state index is 11.9. The number of sulfonamides is 1. The van der Waals surface area contributed by atoms with E-state index in [9.17, 15) is 8.42 Å². The first-order chi connectivity index (χ1) is 8.57. The van der Waals surface area contributed by atoms with Crippen molar-refractivity contribution in [3.63, 3.8) is 0 Å². The molecule has 4 nitrogen and oxygen atoms in total. The van der Waals surface area contributed by atoms with Gasteiger partial charge in [0.25, 0.3) is 0 Å². The molecule has 1 aliphatic heterocycles. The number of benzene rings is 1. The molecule has 1 aromatic carbocycles. The minimum absolute atomic E-state index is 0.0700. The molecule has 0 bridgehead atoms. The third-order valence-corrected chi connectivity index (χ3v) is 4.68. The van der Waals surface area contributed by atoms with Crippen LogP contribution in [-0.2, 0) is 15.8 Å². The van der Waals surface area contributed by atoms with Crippen molar-refractivity contribution in [3.8, 4) is 0 Å². The zero-order chi connectivity index (χ0) is 13.0. The quantitative estimate of drug-likeness (QED) is 0.863. The van der Waals surface area contributed by atoms with Crippen LogP contribution in [-0.4, -0.2) is 27.5 Å². The molecular weight excluding hydrogens is 272 g/mol. The lowest BCUT2D eigenvalue weighted by atomic mass is 10.2. The summed E-state index contributed by atoms with van der Waals surface area (Å²) < 4.78 is 26.5. The molecule has 0 unspecified atom stereocenters. The molecule has 1 fully saturated rings. The van der Waals surface area contributed by atoms with Crippen LogP contribution in [0.15, 0.2) is 24.3 Å². The van der Waals surface area contributed by atoms with Gasteiger partial charge in [0.15, 0.2) is 0 Å². The molecule has 0 saturated carbocycles. The second kappa shape index (κ2) is 6.02. The first-order valence-corrected chi connectivity index (χ1v) is 8.04. The summed E-state index contributed by atoms with van der Waals surface area (Å²) in [7, 11) is -3.32. The lowest BCUT2D eigenvalue weighted by Crippen LogP contribution is -2.37. The largest absolute Gasteiger partial charge is 0.313 e. The summed E-state index contributed by atoms with van der Waals surface area (Å²) in [5, 5.41) is 3.74. The molecule has 6 heteroatoms. The van der Waals surface area contributed by atoms with Crippen molar-refractivity contribution in [2.24, 2.45) is 0 Å². The standard InChI is InChI=1S/C12H17ClN2O2S/c13-12-6-2-1-4-10(12)9-18(16,17)15-8-11-5-3-7-14-11/h1-2,4,6,11,14-15H,3,5,7-9H2/t11-/m0/s1. The highest BCUT2D eigenvalue weighted by atomic mass is 35.5. The van der Waals surface area contributed by atoms with Crippen molar-refractivity contribution < 1.29 is 8.42 Å². The van der Waals surface area contributed by atoms with E-state index < -0.39 is 10.0 Å². The van der Waals surface area contributed by atoms with Crippen molar-refractivity contribution in [2.75, 3.05) is 13.1 Å². The molecule has 0 aromatic heterocycles. The fourth-order valence-corrected chi connectivity index (χ4v) is 3.53.